The quantitative estimate of drug-likeness (QED) is 0.0598. The number of hydrogen-bond donors (Lipinski definition) is 0. The predicted octanol–water partition coefficient (Wildman–Crippen LogP) is 4.22. The second-order valence-electron chi connectivity index (χ2n) is 7.69. The normalized spacial score (nSPS) is 13.9. The molecule has 0 spiro atoms. The fraction of sp³-hybridized carbons (Fsp3) is 1.00. The molecule has 0 rings (SSSR count). The molecule has 0 aliphatic heterocycles. The van der Waals surface area contributed by atoms with Crippen molar-refractivity contribution in [3.63, 3.8) is 0 Å². The Hall–Kier alpha value is 1.59. The maximum atomic E-state index is 5.99. The molecule has 2 atom stereocenters. The van der Waals surface area contributed by atoms with E-state index in [1.165, 1.54) is 0 Å². The smallest absolute Gasteiger partial charge is 0.157 e. The van der Waals surface area contributed by atoms with Crippen LogP contribution >= 0.6 is 41.2 Å². The highest BCUT2D eigenvalue weighted by Crippen LogP contribution is 2.43. The largest absolute Gasteiger partial charge is 0.383 e. The van der Waals surface area contributed by atoms with Gasteiger partial charge in [-0.3, -0.25) is 0 Å². The fourth-order valence-electron chi connectivity index (χ4n) is 2.94. The Morgan fingerprint density at radius 2 is 0.882 bits per heavy atom. The molecule has 0 heterocycles. The van der Waals surface area contributed by atoms with Crippen molar-refractivity contribution in [2.75, 3.05) is 51.1 Å². The minimum absolute atomic E-state index is 0.0800. The van der Waals surface area contributed by atoms with Crippen molar-refractivity contribution in [1.29, 1.82) is 0 Å². The summed E-state index contributed by atoms with van der Waals surface area (Å²) in [5.41, 5.74) is 0.868. The molecule has 0 aromatic carbocycles. The lowest BCUT2D eigenvalue weighted by Crippen LogP contribution is -2.19. The highest BCUT2D eigenvalue weighted by atomic mass is 33.7. The van der Waals surface area contributed by atoms with Gasteiger partial charge in [-0.15, -0.1) is 0 Å². The third-order valence-electron chi connectivity index (χ3n) is 4.72. The SMILES string of the molecule is CCOC(CCCOC([SiH3])CCSSSSCCC([SiH3])OCCCC(OCC)OCC)OCC. The Morgan fingerprint density at radius 3 is 1.21 bits per heavy atom. The summed E-state index contributed by atoms with van der Waals surface area (Å²) in [6.07, 6.45) is 5.91. The Morgan fingerprint density at radius 1 is 0.529 bits per heavy atom. The van der Waals surface area contributed by atoms with Gasteiger partial charge in [0.2, 0.25) is 0 Å². The molecule has 0 saturated heterocycles. The van der Waals surface area contributed by atoms with Gasteiger partial charge < -0.3 is 28.4 Å². The zero-order valence-electron chi connectivity index (χ0n) is 22.3. The lowest BCUT2D eigenvalue weighted by atomic mass is 10.3. The van der Waals surface area contributed by atoms with Crippen LogP contribution in [0.3, 0.4) is 0 Å². The summed E-state index contributed by atoms with van der Waals surface area (Å²) in [7, 11) is 9.82. The van der Waals surface area contributed by atoms with Crippen LogP contribution in [-0.4, -0.2) is 95.7 Å². The van der Waals surface area contributed by atoms with Gasteiger partial charge >= 0.3 is 0 Å². The first-order chi connectivity index (χ1) is 16.6. The molecule has 0 aliphatic rings. The van der Waals surface area contributed by atoms with E-state index in [-0.39, 0.29) is 12.6 Å². The minimum atomic E-state index is -0.0800. The van der Waals surface area contributed by atoms with Crippen LogP contribution in [0.2, 0.25) is 0 Å². The molecule has 34 heavy (non-hydrogen) atoms. The van der Waals surface area contributed by atoms with E-state index in [9.17, 15) is 0 Å². The highest BCUT2D eigenvalue weighted by Gasteiger charge is 2.10. The van der Waals surface area contributed by atoms with Crippen LogP contribution in [0.4, 0.5) is 0 Å². The molecule has 0 saturated carbocycles. The Labute approximate surface area is 230 Å². The molecule has 12 heteroatoms. The van der Waals surface area contributed by atoms with E-state index >= 15 is 0 Å². The van der Waals surface area contributed by atoms with E-state index in [1.807, 2.05) is 68.9 Å². The second kappa shape index (κ2) is 27.6. The summed E-state index contributed by atoms with van der Waals surface area (Å²) in [4.78, 5) is 0. The van der Waals surface area contributed by atoms with E-state index in [0.29, 0.717) is 37.9 Å². The monoisotopic (exact) mass is 594 g/mol. The molecule has 0 N–H and O–H groups in total. The summed E-state index contributed by atoms with van der Waals surface area (Å²) in [5, 5.41) is 0. The van der Waals surface area contributed by atoms with E-state index < -0.39 is 0 Å². The first-order valence-corrected chi connectivity index (χ1v) is 20.3. The van der Waals surface area contributed by atoms with Crippen molar-refractivity contribution in [3.05, 3.63) is 0 Å². The van der Waals surface area contributed by atoms with Crippen LogP contribution in [0.1, 0.15) is 66.2 Å². The van der Waals surface area contributed by atoms with Gasteiger partial charge in [-0.05, 0) is 73.0 Å². The van der Waals surface area contributed by atoms with E-state index in [2.05, 4.69) is 0 Å². The molecule has 206 valence electrons. The van der Waals surface area contributed by atoms with E-state index in [1.54, 1.807) is 0 Å². The van der Waals surface area contributed by atoms with Gasteiger partial charge in [0.05, 0.1) is 0 Å². The molecule has 0 radical (unpaired) electrons. The standard InChI is InChI=1S/C22H50O6S4Si2/c1-5-23-19(24-6-2)11-9-15-27-21(33)13-17-29-31-32-30-18-14-22(34)28-16-10-12-20(25-7-3)26-8-4/h19-22H,5-18H2,1-4,33-34H3. The first-order valence-electron chi connectivity index (χ1n) is 12.8. The Kier molecular flexibility index (Phi) is 28.9. The van der Waals surface area contributed by atoms with Gasteiger partial charge in [-0.25, -0.2) is 0 Å². The van der Waals surface area contributed by atoms with Crippen molar-refractivity contribution >= 4 is 61.7 Å². The van der Waals surface area contributed by atoms with Crippen LogP contribution in [0.5, 0.6) is 0 Å². The van der Waals surface area contributed by atoms with Crippen LogP contribution in [0.25, 0.3) is 0 Å². The average Bonchev–Trinajstić information content (AvgIpc) is 2.81. The second-order valence-corrected chi connectivity index (χ2v) is 16.5. The van der Waals surface area contributed by atoms with Gasteiger partial charge in [0.25, 0.3) is 0 Å². The zero-order chi connectivity index (χ0) is 25.3. The summed E-state index contributed by atoms with van der Waals surface area (Å²) < 4.78 is 34.3. The Balaban J connectivity index is 3.50. The van der Waals surface area contributed by atoms with E-state index in [4.69, 9.17) is 28.4 Å². The molecule has 0 aromatic heterocycles. The molecule has 0 bridgehead atoms. The van der Waals surface area contributed by atoms with Crippen molar-refractivity contribution in [3.8, 4) is 0 Å². The molecule has 0 fully saturated rings. The molecular weight excluding hydrogens is 545 g/mol. The molecule has 2 unspecified atom stereocenters. The van der Waals surface area contributed by atoms with Gasteiger partial charge in [-0.2, -0.15) is 0 Å². The maximum Gasteiger partial charge on any atom is 0.157 e. The molecular formula is C22H50O6S4Si2. The molecule has 0 aliphatic carbocycles. The van der Waals surface area contributed by atoms with Gasteiger partial charge in [0.15, 0.2) is 12.6 Å². The van der Waals surface area contributed by atoms with Gasteiger partial charge in [0.1, 0.15) is 0 Å². The fourth-order valence-corrected chi connectivity index (χ4v) is 11.2. The van der Waals surface area contributed by atoms with Crippen molar-refractivity contribution in [1.82, 2.24) is 0 Å². The van der Waals surface area contributed by atoms with Crippen LogP contribution in [0, 0.1) is 0 Å². The number of hydrogen-bond acceptors (Lipinski definition) is 10. The van der Waals surface area contributed by atoms with Crippen LogP contribution in [-0.2, 0) is 28.4 Å². The van der Waals surface area contributed by atoms with Gasteiger partial charge in [0, 0.05) is 95.9 Å². The van der Waals surface area contributed by atoms with E-state index in [0.717, 1.165) is 83.7 Å². The first kappa shape index (κ1) is 35.6. The third-order valence-corrected chi connectivity index (χ3v) is 13.1. The highest BCUT2D eigenvalue weighted by molar-refractivity contribution is 9.26. The third kappa shape index (κ3) is 24.0. The zero-order valence-corrected chi connectivity index (χ0v) is 29.6. The molecule has 6 nitrogen and oxygen atoms in total. The predicted molar refractivity (Wildman–Crippen MR) is 161 cm³/mol. The summed E-state index contributed by atoms with van der Waals surface area (Å²) in [5.74, 6) is 2.29. The van der Waals surface area contributed by atoms with Gasteiger partial charge in [-0.1, -0.05) is 21.6 Å². The lowest BCUT2D eigenvalue weighted by molar-refractivity contribution is -0.142. The maximum absolute atomic E-state index is 5.99. The molecule has 0 aromatic rings. The Bertz CT molecular complexity index is 374. The molecule has 0 amide bonds. The number of ether oxygens (including phenoxy) is 6. The van der Waals surface area contributed by atoms with Crippen LogP contribution < -0.4 is 0 Å². The minimum Gasteiger partial charge on any atom is -0.383 e. The van der Waals surface area contributed by atoms with Crippen molar-refractivity contribution in [2.24, 2.45) is 0 Å². The average molecular weight is 595 g/mol. The number of rotatable bonds is 27. The summed E-state index contributed by atoms with van der Waals surface area (Å²) in [6, 6.07) is 0. The summed E-state index contributed by atoms with van der Waals surface area (Å²) >= 11 is 0. The van der Waals surface area contributed by atoms with Crippen molar-refractivity contribution in [2.45, 2.75) is 90.3 Å². The van der Waals surface area contributed by atoms with Crippen molar-refractivity contribution < 1.29 is 28.4 Å². The lowest BCUT2D eigenvalue weighted by Gasteiger charge is -2.18. The summed E-state index contributed by atoms with van der Waals surface area (Å²) in [6.45, 7) is 12.4. The topological polar surface area (TPSA) is 55.4 Å². The van der Waals surface area contributed by atoms with Crippen LogP contribution in [0.15, 0.2) is 0 Å².